The molecule has 0 unspecified atom stereocenters. The first kappa shape index (κ1) is 23.9. The lowest BCUT2D eigenvalue weighted by molar-refractivity contribution is -0.134. The number of hydrogen-bond acceptors (Lipinski definition) is 5. The summed E-state index contributed by atoms with van der Waals surface area (Å²) in [7, 11) is 3.17. The van der Waals surface area contributed by atoms with Crippen LogP contribution in [0.5, 0.6) is 5.75 Å². The molecule has 1 atom stereocenters. The number of nitrogens with zero attached hydrogens (tertiary/aromatic N) is 3. The molecule has 188 valence electrons. The second kappa shape index (κ2) is 9.33. The summed E-state index contributed by atoms with van der Waals surface area (Å²) in [5.41, 5.74) is 1.29. The second-order valence-corrected chi connectivity index (χ2v) is 9.62. The van der Waals surface area contributed by atoms with E-state index in [2.05, 4.69) is 0 Å². The van der Waals surface area contributed by atoms with Crippen molar-refractivity contribution in [2.24, 2.45) is 0 Å². The third-order valence-electron chi connectivity index (χ3n) is 7.66. The molecule has 2 aromatic heterocycles. The van der Waals surface area contributed by atoms with Crippen LogP contribution in [-0.2, 0) is 23.2 Å². The van der Waals surface area contributed by atoms with E-state index in [1.54, 1.807) is 28.8 Å². The van der Waals surface area contributed by atoms with Crippen molar-refractivity contribution in [1.82, 2.24) is 14.4 Å². The molecule has 36 heavy (non-hydrogen) atoms. The zero-order valence-electron chi connectivity index (χ0n) is 20.9. The molecule has 5 rings (SSSR count). The van der Waals surface area contributed by atoms with Gasteiger partial charge in [-0.1, -0.05) is 30.3 Å². The Hall–Kier alpha value is -3.81. The largest absolute Gasteiger partial charge is 0.496 e. The number of furan rings is 1. The predicted octanol–water partition coefficient (Wildman–Crippen LogP) is 3.40. The molecule has 3 aromatic rings. The van der Waals surface area contributed by atoms with Crippen molar-refractivity contribution in [3.8, 4) is 5.75 Å². The smallest absolute Gasteiger partial charge is 0.259 e. The van der Waals surface area contributed by atoms with Crippen LogP contribution in [0.25, 0.3) is 0 Å². The lowest BCUT2D eigenvalue weighted by Crippen LogP contribution is -2.41. The van der Waals surface area contributed by atoms with E-state index in [0.29, 0.717) is 43.1 Å². The van der Waals surface area contributed by atoms with Gasteiger partial charge in [-0.25, -0.2) is 0 Å². The minimum atomic E-state index is -0.474. The van der Waals surface area contributed by atoms with Crippen LogP contribution in [0.2, 0.25) is 0 Å². The summed E-state index contributed by atoms with van der Waals surface area (Å²) in [6.07, 6.45) is 3.61. The Bertz CT molecular complexity index is 1330. The number of carbonyl (C=O) groups is 2. The van der Waals surface area contributed by atoms with Gasteiger partial charge in [0.2, 0.25) is 5.91 Å². The summed E-state index contributed by atoms with van der Waals surface area (Å²) in [6, 6.07) is 14.6. The summed E-state index contributed by atoms with van der Waals surface area (Å²) in [5, 5.41) is 0. The number of fused-ring (bicyclic) bond motifs is 1. The van der Waals surface area contributed by atoms with Crippen molar-refractivity contribution in [3.63, 3.8) is 0 Å². The Morgan fingerprint density at radius 2 is 1.83 bits per heavy atom. The van der Waals surface area contributed by atoms with Crippen LogP contribution in [0.4, 0.5) is 0 Å². The van der Waals surface area contributed by atoms with Gasteiger partial charge in [0.15, 0.2) is 0 Å². The van der Waals surface area contributed by atoms with Crippen molar-refractivity contribution in [2.45, 2.75) is 44.2 Å². The molecule has 2 amide bonds. The highest BCUT2D eigenvalue weighted by atomic mass is 16.5. The molecule has 2 aliphatic rings. The van der Waals surface area contributed by atoms with Gasteiger partial charge in [-0.3, -0.25) is 14.4 Å². The van der Waals surface area contributed by atoms with E-state index in [1.165, 1.54) is 13.2 Å². The van der Waals surface area contributed by atoms with Gasteiger partial charge in [-0.05, 0) is 37.5 Å². The number of ether oxygens (including phenoxy) is 1. The van der Waals surface area contributed by atoms with E-state index in [4.69, 9.17) is 9.15 Å². The first-order chi connectivity index (χ1) is 17.4. The van der Waals surface area contributed by atoms with E-state index in [0.717, 1.165) is 18.4 Å². The minimum absolute atomic E-state index is 0.0953. The third kappa shape index (κ3) is 4.00. The highest BCUT2D eigenvalue weighted by Gasteiger charge is 2.53. The minimum Gasteiger partial charge on any atom is -0.496 e. The molecule has 0 bridgehead atoms. The molecule has 0 spiro atoms. The van der Waals surface area contributed by atoms with E-state index in [-0.39, 0.29) is 29.2 Å². The molecule has 1 saturated carbocycles. The van der Waals surface area contributed by atoms with E-state index in [9.17, 15) is 14.4 Å². The quantitative estimate of drug-likeness (QED) is 0.530. The van der Waals surface area contributed by atoms with Crippen LogP contribution in [0.1, 0.15) is 53.2 Å². The van der Waals surface area contributed by atoms with E-state index in [1.807, 2.05) is 48.2 Å². The molecule has 0 saturated heterocycles. The zero-order chi connectivity index (χ0) is 25.4. The van der Waals surface area contributed by atoms with Crippen LogP contribution in [-0.4, -0.2) is 53.4 Å². The van der Waals surface area contributed by atoms with Crippen molar-refractivity contribution >= 4 is 11.8 Å². The molecule has 8 nitrogen and oxygen atoms in total. The van der Waals surface area contributed by atoms with Crippen LogP contribution < -0.4 is 10.3 Å². The number of amides is 2. The van der Waals surface area contributed by atoms with E-state index < -0.39 is 5.41 Å². The maximum absolute atomic E-state index is 13.7. The number of hydrogen-bond donors (Lipinski definition) is 0. The maximum Gasteiger partial charge on any atom is 0.259 e. The topological polar surface area (TPSA) is 85.0 Å². The molecule has 1 aromatic carbocycles. The van der Waals surface area contributed by atoms with Gasteiger partial charge in [-0.2, -0.15) is 0 Å². The number of benzene rings is 1. The fourth-order valence-electron chi connectivity index (χ4n) is 5.23. The van der Waals surface area contributed by atoms with Crippen molar-refractivity contribution in [2.75, 3.05) is 27.2 Å². The van der Waals surface area contributed by atoms with Gasteiger partial charge in [-0.15, -0.1) is 0 Å². The fourth-order valence-corrected chi connectivity index (χ4v) is 5.23. The van der Waals surface area contributed by atoms with Crippen LogP contribution in [0.15, 0.2) is 64.0 Å². The number of methoxy groups -OCH3 is 1. The first-order valence-electron chi connectivity index (χ1n) is 12.3. The molecule has 8 heteroatoms. The number of aromatic nitrogens is 1. The van der Waals surface area contributed by atoms with Gasteiger partial charge >= 0.3 is 0 Å². The molecule has 0 N–H and O–H groups in total. The summed E-state index contributed by atoms with van der Waals surface area (Å²) in [6.45, 7) is 3.05. The Morgan fingerprint density at radius 3 is 2.47 bits per heavy atom. The number of pyridine rings is 1. The lowest BCUT2D eigenvalue weighted by atomic mass is 9.94. The van der Waals surface area contributed by atoms with Gasteiger partial charge in [0.1, 0.15) is 17.1 Å². The standard InChI is InChI=1S/C28H31N3O5/c1-19(22-10-7-17-36-22)29(2)26(33)25-21-11-14-30(15-16-31(21)24(32)18-23(25)35-3)27(34)28(12-13-28)20-8-5-4-6-9-20/h4-10,17-19H,11-16H2,1-3H3/t19-/m0/s1. The third-order valence-corrected chi connectivity index (χ3v) is 7.66. The monoisotopic (exact) mass is 489 g/mol. The van der Waals surface area contributed by atoms with Crippen LogP contribution in [0, 0.1) is 0 Å². The molecular formula is C28H31N3O5. The summed E-state index contributed by atoms with van der Waals surface area (Å²) < 4.78 is 12.6. The molecule has 1 fully saturated rings. The van der Waals surface area contributed by atoms with Gasteiger partial charge in [0.25, 0.3) is 11.5 Å². The van der Waals surface area contributed by atoms with Crippen LogP contribution >= 0.6 is 0 Å². The van der Waals surface area contributed by atoms with Gasteiger partial charge in [0, 0.05) is 44.9 Å². The SMILES string of the molecule is COc1cc(=O)n2c(c1C(=O)N(C)[C@@H](C)c1ccco1)CCN(C(=O)C1(c3ccccc3)CC1)CC2. The average molecular weight is 490 g/mol. The average Bonchev–Trinajstić information content (AvgIpc) is 3.60. The summed E-state index contributed by atoms with van der Waals surface area (Å²) >= 11 is 0. The molecule has 1 aliphatic heterocycles. The highest BCUT2D eigenvalue weighted by Crippen LogP contribution is 2.49. The van der Waals surface area contributed by atoms with Crippen molar-refractivity contribution in [3.05, 3.63) is 87.7 Å². The van der Waals surface area contributed by atoms with Crippen LogP contribution in [0.3, 0.4) is 0 Å². The molecule has 3 heterocycles. The lowest BCUT2D eigenvalue weighted by Gasteiger charge is -2.26. The highest BCUT2D eigenvalue weighted by molar-refractivity contribution is 5.98. The Kier molecular flexibility index (Phi) is 6.20. The van der Waals surface area contributed by atoms with Gasteiger partial charge in [0.05, 0.1) is 24.8 Å². The first-order valence-corrected chi connectivity index (χ1v) is 12.3. The second-order valence-electron chi connectivity index (χ2n) is 9.62. The normalized spacial score (nSPS) is 17.0. The Labute approximate surface area is 210 Å². The van der Waals surface area contributed by atoms with Crippen molar-refractivity contribution < 1.29 is 18.7 Å². The Morgan fingerprint density at radius 1 is 1.08 bits per heavy atom. The molecule has 0 radical (unpaired) electrons. The van der Waals surface area contributed by atoms with Gasteiger partial charge < -0.3 is 23.5 Å². The summed E-state index contributed by atoms with van der Waals surface area (Å²) in [5.74, 6) is 0.745. The fraction of sp³-hybridized carbons (Fsp3) is 0.393. The maximum atomic E-state index is 13.7. The number of rotatable bonds is 6. The van der Waals surface area contributed by atoms with E-state index >= 15 is 0 Å². The number of carbonyl (C=O) groups excluding carboxylic acids is 2. The van der Waals surface area contributed by atoms with Crippen molar-refractivity contribution in [1.29, 1.82) is 0 Å². The molecular weight excluding hydrogens is 458 g/mol. The Balaban J connectivity index is 1.45. The zero-order valence-corrected chi connectivity index (χ0v) is 20.9. The summed E-state index contributed by atoms with van der Waals surface area (Å²) in [4.78, 5) is 43.9. The predicted molar refractivity (Wildman–Crippen MR) is 134 cm³/mol. The molecule has 1 aliphatic carbocycles.